The minimum absolute atomic E-state index is 0.0108. The number of carbonyl (C=O) groups is 3. The molecule has 0 unspecified atom stereocenters. The van der Waals surface area contributed by atoms with Crippen LogP contribution in [0.4, 0.5) is 0 Å². The number of nitrogens with one attached hydrogen (secondary N) is 1. The standard InChI is InChI=1S/C14H16BrNO5/c1-20-12(17)8-7-11(14(19)21-2)16-13(18)9-3-5-10(15)6-4-9/h3-6,11H,7-8H2,1-2H3,(H,16,18)/t11-/m1/s1. The Kier molecular flexibility index (Phi) is 6.87. The van der Waals surface area contributed by atoms with Crippen molar-refractivity contribution in [2.75, 3.05) is 14.2 Å². The average Bonchev–Trinajstić information content (AvgIpc) is 2.50. The number of hydrogen-bond donors (Lipinski definition) is 1. The fourth-order valence-electron chi connectivity index (χ4n) is 1.60. The van der Waals surface area contributed by atoms with Crippen LogP contribution >= 0.6 is 15.9 Å². The van der Waals surface area contributed by atoms with E-state index in [4.69, 9.17) is 0 Å². The summed E-state index contributed by atoms with van der Waals surface area (Å²) in [5.74, 6) is -1.48. The molecular formula is C14H16BrNO5. The summed E-state index contributed by atoms with van der Waals surface area (Å²) in [4.78, 5) is 34.8. The molecule has 1 rings (SSSR count). The summed E-state index contributed by atoms with van der Waals surface area (Å²) < 4.78 is 9.97. The van der Waals surface area contributed by atoms with Crippen molar-refractivity contribution in [1.82, 2.24) is 5.32 Å². The molecule has 1 atom stereocenters. The smallest absolute Gasteiger partial charge is 0.328 e. The van der Waals surface area contributed by atoms with Gasteiger partial charge in [-0.2, -0.15) is 0 Å². The molecule has 0 aliphatic carbocycles. The maximum atomic E-state index is 12.1. The Bertz CT molecular complexity index is 515. The van der Waals surface area contributed by atoms with Crippen LogP contribution in [0, 0.1) is 0 Å². The van der Waals surface area contributed by atoms with E-state index in [0.717, 1.165) is 4.47 Å². The lowest BCUT2D eigenvalue weighted by Crippen LogP contribution is -2.41. The first-order valence-electron chi connectivity index (χ1n) is 6.19. The highest BCUT2D eigenvalue weighted by molar-refractivity contribution is 9.10. The van der Waals surface area contributed by atoms with Gasteiger partial charge in [-0.1, -0.05) is 15.9 Å². The summed E-state index contributed by atoms with van der Waals surface area (Å²) in [5.41, 5.74) is 0.408. The van der Waals surface area contributed by atoms with E-state index < -0.39 is 23.9 Å². The van der Waals surface area contributed by atoms with Gasteiger partial charge in [0, 0.05) is 16.5 Å². The molecule has 0 aliphatic rings. The summed E-state index contributed by atoms with van der Waals surface area (Å²) in [7, 11) is 2.48. The van der Waals surface area contributed by atoms with Crippen LogP contribution < -0.4 is 5.32 Å². The molecule has 0 spiro atoms. The van der Waals surface area contributed by atoms with Gasteiger partial charge < -0.3 is 14.8 Å². The molecule has 0 saturated carbocycles. The average molecular weight is 358 g/mol. The van der Waals surface area contributed by atoms with Crippen molar-refractivity contribution >= 4 is 33.8 Å². The number of carbonyl (C=O) groups excluding carboxylic acids is 3. The number of amides is 1. The predicted octanol–water partition coefficient (Wildman–Crippen LogP) is 1.67. The van der Waals surface area contributed by atoms with Crippen molar-refractivity contribution in [3.63, 3.8) is 0 Å². The van der Waals surface area contributed by atoms with E-state index in [1.165, 1.54) is 14.2 Å². The van der Waals surface area contributed by atoms with Gasteiger partial charge in [0.2, 0.25) is 0 Å². The molecule has 1 aromatic carbocycles. The van der Waals surface area contributed by atoms with Gasteiger partial charge in [0.1, 0.15) is 6.04 Å². The van der Waals surface area contributed by atoms with Crippen LogP contribution in [0.15, 0.2) is 28.7 Å². The first-order chi connectivity index (χ1) is 9.97. The Morgan fingerprint density at radius 1 is 1.14 bits per heavy atom. The molecule has 0 aromatic heterocycles. The van der Waals surface area contributed by atoms with Crippen molar-refractivity contribution in [1.29, 1.82) is 0 Å². The molecule has 114 valence electrons. The largest absolute Gasteiger partial charge is 0.469 e. The molecule has 0 saturated heterocycles. The number of rotatable bonds is 6. The molecule has 6 nitrogen and oxygen atoms in total. The lowest BCUT2D eigenvalue weighted by Gasteiger charge is -2.16. The first kappa shape index (κ1) is 17.2. The fourth-order valence-corrected chi connectivity index (χ4v) is 1.86. The highest BCUT2D eigenvalue weighted by atomic mass is 79.9. The van der Waals surface area contributed by atoms with Crippen molar-refractivity contribution < 1.29 is 23.9 Å². The summed E-state index contributed by atoms with van der Waals surface area (Å²) in [6.45, 7) is 0. The fraction of sp³-hybridized carbons (Fsp3) is 0.357. The molecule has 0 bridgehead atoms. The quantitative estimate of drug-likeness (QED) is 0.783. The van der Waals surface area contributed by atoms with E-state index in [9.17, 15) is 14.4 Å². The third kappa shape index (κ3) is 5.55. The second kappa shape index (κ2) is 8.41. The number of esters is 2. The minimum Gasteiger partial charge on any atom is -0.469 e. The van der Waals surface area contributed by atoms with Crippen LogP contribution in [0.2, 0.25) is 0 Å². The van der Waals surface area contributed by atoms with Gasteiger partial charge >= 0.3 is 11.9 Å². The van der Waals surface area contributed by atoms with Crippen molar-refractivity contribution in [2.45, 2.75) is 18.9 Å². The Labute approximate surface area is 130 Å². The van der Waals surface area contributed by atoms with Crippen molar-refractivity contribution in [2.24, 2.45) is 0 Å². The van der Waals surface area contributed by atoms with Crippen molar-refractivity contribution in [3.05, 3.63) is 34.3 Å². The van der Waals surface area contributed by atoms with Crippen LogP contribution in [0.3, 0.4) is 0 Å². The molecular weight excluding hydrogens is 342 g/mol. The summed E-state index contributed by atoms with van der Waals surface area (Å²) in [6, 6.07) is 5.78. The molecule has 7 heteroatoms. The van der Waals surface area contributed by atoms with Gasteiger partial charge in [-0.15, -0.1) is 0 Å². The second-order valence-electron chi connectivity index (χ2n) is 4.17. The topological polar surface area (TPSA) is 81.7 Å². The third-order valence-corrected chi connectivity index (χ3v) is 3.29. The zero-order valence-corrected chi connectivity index (χ0v) is 13.3. The number of hydrogen-bond acceptors (Lipinski definition) is 5. The Morgan fingerprint density at radius 3 is 2.29 bits per heavy atom. The summed E-state index contributed by atoms with van der Waals surface area (Å²) in [5, 5.41) is 2.55. The minimum atomic E-state index is -0.898. The van der Waals surface area contributed by atoms with Gasteiger partial charge in [0.25, 0.3) is 5.91 Å². The predicted molar refractivity (Wildman–Crippen MR) is 78.7 cm³/mol. The maximum absolute atomic E-state index is 12.1. The molecule has 21 heavy (non-hydrogen) atoms. The zero-order chi connectivity index (χ0) is 15.8. The number of halogens is 1. The molecule has 0 radical (unpaired) electrons. The highest BCUT2D eigenvalue weighted by Gasteiger charge is 2.23. The van der Waals surface area contributed by atoms with Gasteiger partial charge in [0.05, 0.1) is 14.2 Å². The maximum Gasteiger partial charge on any atom is 0.328 e. The molecule has 1 aromatic rings. The molecule has 0 fully saturated rings. The van der Waals surface area contributed by atoms with Gasteiger partial charge in [-0.25, -0.2) is 4.79 Å². The Morgan fingerprint density at radius 2 is 1.76 bits per heavy atom. The summed E-state index contributed by atoms with van der Waals surface area (Å²) >= 11 is 3.27. The Balaban J connectivity index is 2.71. The zero-order valence-electron chi connectivity index (χ0n) is 11.7. The summed E-state index contributed by atoms with van der Waals surface area (Å²) in [6.07, 6.45) is 0.124. The van der Waals surface area contributed by atoms with E-state index in [-0.39, 0.29) is 12.8 Å². The molecule has 1 N–H and O–H groups in total. The third-order valence-electron chi connectivity index (χ3n) is 2.76. The first-order valence-corrected chi connectivity index (χ1v) is 6.98. The van der Waals surface area contributed by atoms with Crippen LogP contribution in [-0.4, -0.2) is 38.1 Å². The Hall–Kier alpha value is -1.89. The van der Waals surface area contributed by atoms with Gasteiger partial charge in [-0.3, -0.25) is 9.59 Å². The van der Waals surface area contributed by atoms with E-state index >= 15 is 0 Å². The van der Waals surface area contributed by atoms with Crippen LogP contribution in [0.5, 0.6) is 0 Å². The lowest BCUT2D eigenvalue weighted by molar-refractivity contribution is -0.144. The van der Waals surface area contributed by atoms with Crippen LogP contribution in [-0.2, 0) is 19.1 Å². The van der Waals surface area contributed by atoms with E-state index in [2.05, 4.69) is 30.7 Å². The van der Waals surface area contributed by atoms with Crippen LogP contribution in [0.25, 0.3) is 0 Å². The van der Waals surface area contributed by atoms with Crippen molar-refractivity contribution in [3.8, 4) is 0 Å². The number of benzene rings is 1. The molecule has 0 aliphatic heterocycles. The lowest BCUT2D eigenvalue weighted by atomic mass is 10.1. The van der Waals surface area contributed by atoms with Crippen LogP contribution in [0.1, 0.15) is 23.2 Å². The van der Waals surface area contributed by atoms with Gasteiger partial charge in [-0.05, 0) is 30.7 Å². The van der Waals surface area contributed by atoms with Gasteiger partial charge in [0.15, 0.2) is 0 Å². The normalized spacial score (nSPS) is 11.4. The van der Waals surface area contributed by atoms with E-state index in [1.54, 1.807) is 24.3 Å². The number of methoxy groups -OCH3 is 2. The van der Waals surface area contributed by atoms with E-state index in [1.807, 2.05) is 0 Å². The molecule has 1 amide bonds. The monoisotopic (exact) mass is 357 g/mol. The number of ether oxygens (including phenoxy) is 2. The molecule has 0 heterocycles. The second-order valence-corrected chi connectivity index (χ2v) is 5.09. The van der Waals surface area contributed by atoms with E-state index in [0.29, 0.717) is 5.56 Å². The SMILES string of the molecule is COC(=O)CC[C@@H](NC(=O)c1ccc(Br)cc1)C(=O)OC. The highest BCUT2D eigenvalue weighted by Crippen LogP contribution is 2.11.